The van der Waals surface area contributed by atoms with Crippen molar-refractivity contribution in [1.82, 2.24) is 9.88 Å². The highest BCUT2D eigenvalue weighted by molar-refractivity contribution is 7.13. The first-order valence-corrected chi connectivity index (χ1v) is 11.1. The van der Waals surface area contributed by atoms with Crippen LogP contribution in [0.2, 0.25) is 0 Å². The molecule has 146 valence electrons. The average molecular weight is 385 g/mol. The molecule has 2 fully saturated rings. The van der Waals surface area contributed by atoms with Crippen LogP contribution in [0.25, 0.3) is 0 Å². The molecular formula is C20H30F2N2OS. The van der Waals surface area contributed by atoms with Crippen LogP contribution in [0.5, 0.6) is 5.19 Å². The fourth-order valence-electron chi connectivity index (χ4n) is 4.51. The summed E-state index contributed by atoms with van der Waals surface area (Å²) in [7, 11) is 0. The maximum absolute atomic E-state index is 12.9. The normalized spacial score (nSPS) is 25.2. The molecule has 2 saturated carbocycles. The quantitative estimate of drug-likeness (QED) is 0.662. The van der Waals surface area contributed by atoms with E-state index in [2.05, 4.69) is 9.88 Å². The number of alkyl halides is 2. The molecule has 0 atom stereocenters. The monoisotopic (exact) mass is 384 g/mol. The highest BCUT2D eigenvalue weighted by atomic mass is 32.1. The number of aromatic nitrogens is 1. The number of fused-ring (bicyclic) bond motifs is 1. The van der Waals surface area contributed by atoms with Crippen molar-refractivity contribution in [2.75, 3.05) is 19.6 Å². The van der Waals surface area contributed by atoms with Gasteiger partial charge in [0.1, 0.15) is 6.10 Å². The first kappa shape index (κ1) is 18.6. The van der Waals surface area contributed by atoms with Crippen LogP contribution in [0.1, 0.15) is 68.4 Å². The molecule has 0 aromatic carbocycles. The molecule has 3 aliphatic rings. The zero-order valence-corrected chi connectivity index (χ0v) is 16.3. The van der Waals surface area contributed by atoms with Gasteiger partial charge in [-0.05, 0) is 25.3 Å². The Morgan fingerprint density at radius 1 is 1.08 bits per heavy atom. The van der Waals surface area contributed by atoms with E-state index in [0.29, 0.717) is 5.19 Å². The Kier molecular flexibility index (Phi) is 5.79. The van der Waals surface area contributed by atoms with Crippen LogP contribution in [0.15, 0.2) is 0 Å². The molecule has 1 aromatic rings. The van der Waals surface area contributed by atoms with E-state index in [-0.39, 0.29) is 18.9 Å². The van der Waals surface area contributed by atoms with Crippen molar-refractivity contribution in [2.45, 2.75) is 82.7 Å². The lowest BCUT2D eigenvalue weighted by molar-refractivity contribution is -0.134. The number of thiazole rings is 1. The van der Waals surface area contributed by atoms with Gasteiger partial charge >= 0.3 is 0 Å². The van der Waals surface area contributed by atoms with Crippen molar-refractivity contribution >= 4 is 11.3 Å². The van der Waals surface area contributed by atoms with Gasteiger partial charge in [0.2, 0.25) is 0 Å². The van der Waals surface area contributed by atoms with Crippen LogP contribution < -0.4 is 4.74 Å². The molecule has 26 heavy (non-hydrogen) atoms. The molecule has 2 heterocycles. The summed E-state index contributed by atoms with van der Waals surface area (Å²) >= 11 is 1.57. The molecule has 2 aliphatic carbocycles. The number of halogens is 2. The first-order valence-electron chi connectivity index (χ1n) is 10.3. The van der Waals surface area contributed by atoms with E-state index in [1.54, 1.807) is 11.3 Å². The Morgan fingerprint density at radius 2 is 1.81 bits per heavy atom. The maximum Gasteiger partial charge on any atom is 0.273 e. The third-order valence-corrected chi connectivity index (χ3v) is 7.28. The summed E-state index contributed by atoms with van der Waals surface area (Å²) in [6.45, 7) is 3.35. The van der Waals surface area contributed by atoms with Crippen molar-refractivity contribution in [3.05, 3.63) is 10.6 Å². The second-order valence-electron chi connectivity index (χ2n) is 8.34. The van der Waals surface area contributed by atoms with Gasteiger partial charge in [-0.3, -0.25) is 0 Å². The minimum absolute atomic E-state index is 0.161. The summed E-state index contributed by atoms with van der Waals surface area (Å²) < 4.78 is 31.5. The van der Waals surface area contributed by atoms with Gasteiger partial charge in [-0.1, -0.05) is 49.9 Å². The molecule has 0 radical (unpaired) electrons. The van der Waals surface area contributed by atoms with Gasteiger partial charge in [0.25, 0.3) is 11.1 Å². The van der Waals surface area contributed by atoms with Crippen LogP contribution in [-0.4, -0.2) is 41.5 Å². The summed E-state index contributed by atoms with van der Waals surface area (Å²) in [6.07, 6.45) is 11.2. The molecule has 0 saturated heterocycles. The Bertz CT molecular complexity index is 565. The molecule has 6 heteroatoms. The number of hydrogen-bond acceptors (Lipinski definition) is 4. The van der Waals surface area contributed by atoms with Crippen molar-refractivity contribution in [1.29, 1.82) is 0 Å². The van der Waals surface area contributed by atoms with Gasteiger partial charge in [0.05, 0.1) is 5.69 Å². The lowest BCUT2D eigenvalue weighted by atomic mass is 9.91. The fourth-order valence-corrected chi connectivity index (χ4v) is 5.52. The van der Waals surface area contributed by atoms with Crippen LogP contribution in [0, 0.1) is 5.92 Å². The minimum atomic E-state index is -2.53. The van der Waals surface area contributed by atoms with Crippen LogP contribution in [0.3, 0.4) is 0 Å². The second-order valence-corrected chi connectivity index (χ2v) is 9.39. The number of hydrogen-bond donors (Lipinski definition) is 0. The van der Waals surface area contributed by atoms with E-state index < -0.39 is 5.92 Å². The standard InChI is InChI=1S/C20H30F2N2OS/c21-20(22)13-16(14-20)25-19-23-17-8-11-24(12-9-18(17)26-19)10-7-15-5-3-1-2-4-6-15/h15-16H,1-14H2. The molecule has 4 rings (SSSR count). The smallest absolute Gasteiger partial charge is 0.273 e. The van der Waals surface area contributed by atoms with Crippen LogP contribution in [0.4, 0.5) is 8.78 Å². The molecule has 0 spiro atoms. The molecule has 1 aliphatic heterocycles. The highest BCUT2D eigenvalue weighted by Crippen LogP contribution is 2.41. The molecule has 0 unspecified atom stereocenters. The van der Waals surface area contributed by atoms with E-state index in [4.69, 9.17) is 4.74 Å². The number of ether oxygens (including phenoxy) is 1. The van der Waals surface area contributed by atoms with Gasteiger partial charge in [0, 0.05) is 37.2 Å². The van der Waals surface area contributed by atoms with Crippen molar-refractivity contribution in [3.63, 3.8) is 0 Å². The van der Waals surface area contributed by atoms with Crippen molar-refractivity contribution in [2.24, 2.45) is 5.92 Å². The van der Waals surface area contributed by atoms with E-state index >= 15 is 0 Å². The van der Waals surface area contributed by atoms with E-state index in [1.165, 1.54) is 56.4 Å². The lowest BCUT2D eigenvalue weighted by Gasteiger charge is -2.33. The zero-order chi connectivity index (χ0) is 18.0. The molecule has 0 bridgehead atoms. The predicted molar refractivity (Wildman–Crippen MR) is 100 cm³/mol. The van der Waals surface area contributed by atoms with Crippen molar-refractivity contribution in [3.8, 4) is 5.19 Å². The van der Waals surface area contributed by atoms with Crippen LogP contribution >= 0.6 is 11.3 Å². The zero-order valence-electron chi connectivity index (χ0n) is 15.5. The largest absolute Gasteiger partial charge is 0.466 e. The summed E-state index contributed by atoms with van der Waals surface area (Å²) in [5, 5.41) is 0.599. The van der Waals surface area contributed by atoms with Gasteiger partial charge in [-0.2, -0.15) is 0 Å². The Morgan fingerprint density at radius 3 is 2.54 bits per heavy atom. The number of nitrogens with zero attached hydrogens (tertiary/aromatic N) is 2. The third kappa shape index (κ3) is 4.75. The van der Waals surface area contributed by atoms with E-state index in [1.807, 2.05) is 0 Å². The van der Waals surface area contributed by atoms with E-state index in [0.717, 1.165) is 37.5 Å². The fraction of sp³-hybridized carbons (Fsp3) is 0.850. The third-order valence-electron chi connectivity index (χ3n) is 6.23. The SMILES string of the molecule is FC1(F)CC(Oc2nc3c(s2)CCN(CCC2CCCCCC2)CC3)C1. The molecule has 3 nitrogen and oxygen atoms in total. The topological polar surface area (TPSA) is 25.4 Å². The maximum atomic E-state index is 12.9. The molecule has 0 N–H and O–H groups in total. The summed E-state index contributed by atoms with van der Waals surface area (Å²) in [4.78, 5) is 8.49. The second kappa shape index (κ2) is 8.09. The first-order chi connectivity index (χ1) is 12.6. The molecule has 1 aromatic heterocycles. The number of rotatable bonds is 5. The Hall–Kier alpha value is -0.750. The summed E-state index contributed by atoms with van der Waals surface area (Å²) in [5.41, 5.74) is 1.13. The predicted octanol–water partition coefficient (Wildman–Crippen LogP) is 5.08. The van der Waals surface area contributed by atoms with Crippen molar-refractivity contribution < 1.29 is 13.5 Å². The lowest BCUT2D eigenvalue weighted by Crippen LogP contribution is -2.43. The van der Waals surface area contributed by atoms with Gasteiger partial charge in [-0.25, -0.2) is 13.8 Å². The van der Waals surface area contributed by atoms with Gasteiger partial charge < -0.3 is 9.64 Å². The average Bonchev–Trinajstić information content (AvgIpc) is 2.76. The summed E-state index contributed by atoms with van der Waals surface area (Å²) in [6, 6.07) is 0. The Balaban J connectivity index is 1.23. The molecular weight excluding hydrogens is 354 g/mol. The van der Waals surface area contributed by atoms with Gasteiger partial charge in [-0.15, -0.1) is 0 Å². The van der Waals surface area contributed by atoms with E-state index in [9.17, 15) is 8.78 Å². The van der Waals surface area contributed by atoms with Crippen LogP contribution in [-0.2, 0) is 12.8 Å². The molecule has 0 amide bonds. The minimum Gasteiger partial charge on any atom is -0.466 e. The Labute approximate surface area is 159 Å². The summed E-state index contributed by atoms with van der Waals surface area (Å²) in [5.74, 6) is -1.61. The highest BCUT2D eigenvalue weighted by Gasteiger charge is 2.47. The van der Waals surface area contributed by atoms with Gasteiger partial charge in [0.15, 0.2) is 0 Å².